The number of hydrogen-bond acceptors (Lipinski definition) is 7. The zero-order valence-corrected chi connectivity index (χ0v) is 27.0. The highest BCUT2D eigenvalue weighted by Gasteiger charge is 2.64. The van der Waals surface area contributed by atoms with Crippen LogP contribution in [0, 0.1) is 19.3 Å². The Bertz CT molecular complexity index is 1790. The maximum atomic E-state index is 14.0. The molecule has 1 saturated carbocycles. The smallest absolute Gasteiger partial charge is 0.272 e. The van der Waals surface area contributed by atoms with Gasteiger partial charge in [-0.2, -0.15) is 5.10 Å². The molecule has 4 aromatic rings. The molecule has 1 aliphatic carbocycles. The Kier molecular flexibility index (Phi) is 7.73. The number of piperidine rings is 1. The average Bonchev–Trinajstić information content (AvgIpc) is 3.36. The molecule has 12 heteroatoms. The topological polar surface area (TPSA) is 135 Å². The van der Waals surface area contributed by atoms with Crippen molar-refractivity contribution in [3.8, 4) is 11.1 Å². The van der Waals surface area contributed by atoms with E-state index in [1.807, 2.05) is 58.0 Å². The summed E-state index contributed by atoms with van der Waals surface area (Å²) < 4.78 is 2.19. The Balaban J connectivity index is 1.31. The molecule has 0 bridgehead atoms. The number of nitrogens with zero attached hydrogens (tertiary/aromatic N) is 6. The van der Waals surface area contributed by atoms with Crippen LogP contribution in [0.4, 0.5) is 5.82 Å². The minimum atomic E-state index is -0.630. The summed E-state index contributed by atoms with van der Waals surface area (Å²) in [6, 6.07) is 8.65. The zero-order valence-electron chi connectivity index (χ0n) is 25.4. The Morgan fingerprint density at radius 3 is 2.57 bits per heavy atom. The number of carbonyl (C=O) groups is 3. The van der Waals surface area contributed by atoms with E-state index in [0.717, 1.165) is 29.5 Å². The quantitative estimate of drug-likeness (QED) is 0.259. The first-order valence-corrected chi connectivity index (χ1v) is 15.6. The van der Waals surface area contributed by atoms with E-state index in [0.29, 0.717) is 33.6 Å². The molecule has 1 aromatic carbocycles. The Labute approximate surface area is 264 Å². The summed E-state index contributed by atoms with van der Waals surface area (Å²) in [5, 5.41) is 11.2. The summed E-state index contributed by atoms with van der Waals surface area (Å²) >= 11 is 3.37. The van der Waals surface area contributed by atoms with Crippen molar-refractivity contribution < 1.29 is 14.4 Å². The van der Waals surface area contributed by atoms with Gasteiger partial charge in [0.15, 0.2) is 5.69 Å². The Hall–Kier alpha value is -4.19. The van der Waals surface area contributed by atoms with Crippen LogP contribution < -0.4 is 10.6 Å². The van der Waals surface area contributed by atoms with Crippen LogP contribution >= 0.6 is 15.9 Å². The van der Waals surface area contributed by atoms with Crippen molar-refractivity contribution in [3.63, 3.8) is 0 Å². The fourth-order valence-corrected chi connectivity index (χ4v) is 6.29. The number of benzene rings is 1. The van der Waals surface area contributed by atoms with Crippen LogP contribution in [0.2, 0.25) is 0 Å². The Morgan fingerprint density at radius 1 is 1.09 bits per heavy atom. The van der Waals surface area contributed by atoms with E-state index >= 15 is 0 Å². The van der Waals surface area contributed by atoms with Crippen molar-refractivity contribution in [1.29, 1.82) is 0 Å². The molecule has 2 N–H and O–H groups in total. The number of carbonyl (C=O) groups excluding carboxylic acids is 3. The van der Waals surface area contributed by atoms with Crippen molar-refractivity contribution in [2.45, 2.75) is 78.6 Å². The molecule has 0 radical (unpaired) electrons. The largest absolute Gasteiger partial charge is 0.348 e. The summed E-state index contributed by atoms with van der Waals surface area (Å²) in [4.78, 5) is 55.6. The first kappa shape index (κ1) is 29.9. The number of rotatable bonds is 8. The van der Waals surface area contributed by atoms with Crippen molar-refractivity contribution in [2.75, 3.05) is 5.32 Å². The average molecular weight is 660 g/mol. The van der Waals surface area contributed by atoms with Gasteiger partial charge in [0.05, 0.1) is 5.52 Å². The molecule has 4 atom stereocenters. The third kappa shape index (κ3) is 5.58. The second-order valence-electron chi connectivity index (χ2n) is 12.2. The minimum Gasteiger partial charge on any atom is -0.348 e. The molecule has 2 aliphatic rings. The molecule has 6 rings (SSSR count). The second-order valence-corrected chi connectivity index (χ2v) is 13.0. The monoisotopic (exact) mass is 658 g/mol. The molecule has 1 aliphatic heterocycles. The van der Waals surface area contributed by atoms with Crippen molar-refractivity contribution in [2.24, 2.45) is 5.41 Å². The number of aryl methyl sites for hydroxylation is 2. The number of fused-ring (bicyclic) bond motifs is 2. The van der Waals surface area contributed by atoms with Gasteiger partial charge in [0.1, 0.15) is 28.8 Å². The molecule has 11 nitrogen and oxygen atoms in total. The number of halogens is 1. The van der Waals surface area contributed by atoms with Crippen LogP contribution in [-0.4, -0.2) is 65.5 Å². The van der Waals surface area contributed by atoms with E-state index in [-0.39, 0.29) is 47.5 Å². The standard InChI is InChI=1S/C32H35BrN8O3/c1-6-18(3)36-31(44)28-22-11-20(21-14-34-19(4)35-15-21)8-9-23(22)40(39-28)16-27(42)41-24(12-32(5)13-25(32)41)30(43)38-29-17(2)7-10-26(33)37-29/h7-11,14-15,18,24-25H,6,12-13,16H2,1-5H3,(H,36,44)(H,37,38,43)/t18?,24-,25+,32-/m0/s1. The molecular formula is C32H35BrN8O3. The predicted octanol–water partition coefficient (Wildman–Crippen LogP) is 4.81. The van der Waals surface area contributed by atoms with Gasteiger partial charge in [-0.25, -0.2) is 15.0 Å². The first-order chi connectivity index (χ1) is 21.0. The molecule has 1 saturated heterocycles. The highest BCUT2D eigenvalue weighted by atomic mass is 79.9. The van der Waals surface area contributed by atoms with Gasteiger partial charge in [-0.15, -0.1) is 0 Å². The molecule has 228 valence electrons. The third-order valence-electron chi connectivity index (χ3n) is 8.89. The molecular weight excluding hydrogens is 624 g/mol. The predicted molar refractivity (Wildman–Crippen MR) is 170 cm³/mol. The molecule has 3 aromatic heterocycles. The van der Waals surface area contributed by atoms with Crippen molar-refractivity contribution in [3.05, 3.63) is 64.4 Å². The van der Waals surface area contributed by atoms with Gasteiger partial charge in [0.25, 0.3) is 5.91 Å². The lowest BCUT2D eigenvalue weighted by Gasteiger charge is -2.27. The van der Waals surface area contributed by atoms with Crippen LogP contribution in [0.15, 0.2) is 47.3 Å². The van der Waals surface area contributed by atoms with Gasteiger partial charge in [-0.1, -0.05) is 26.0 Å². The molecule has 1 unspecified atom stereocenters. The zero-order chi connectivity index (χ0) is 31.3. The van der Waals surface area contributed by atoms with Gasteiger partial charge >= 0.3 is 0 Å². The van der Waals surface area contributed by atoms with E-state index in [9.17, 15) is 14.4 Å². The summed E-state index contributed by atoms with van der Waals surface area (Å²) in [5.41, 5.74) is 3.27. The molecule has 0 spiro atoms. The number of nitrogens with one attached hydrogen (secondary N) is 2. The molecule has 2 fully saturated rings. The van der Waals surface area contributed by atoms with Gasteiger partial charge in [-0.3, -0.25) is 19.1 Å². The summed E-state index contributed by atoms with van der Waals surface area (Å²) in [7, 11) is 0. The fraction of sp³-hybridized carbons (Fsp3) is 0.406. The van der Waals surface area contributed by atoms with Crippen LogP contribution in [0.25, 0.3) is 22.0 Å². The number of likely N-dealkylation sites (tertiary alicyclic amines) is 1. The van der Waals surface area contributed by atoms with E-state index < -0.39 is 6.04 Å². The normalized spacial score (nSPS) is 21.2. The number of anilines is 1. The van der Waals surface area contributed by atoms with Crippen molar-refractivity contribution in [1.82, 2.24) is 34.9 Å². The molecule has 3 amide bonds. The van der Waals surface area contributed by atoms with E-state index in [4.69, 9.17) is 0 Å². The van der Waals surface area contributed by atoms with E-state index in [2.05, 4.69) is 53.5 Å². The first-order valence-electron chi connectivity index (χ1n) is 14.8. The fourth-order valence-electron chi connectivity index (χ4n) is 5.98. The van der Waals surface area contributed by atoms with Crippen molar-refractivity contribution >= 4 is 50.4 Å². The second kappa shape index (κ2) is 11.4. The highest BCUT2D eigenvalue weighted by Crippen LogP contribution is 2.59. The SMILES string of the molecule is CCC(C)NC(=O)c1nn(CC(=O)N2[C@H](C(=O)Nc3nc(Br)ccc3C)C[C@@]3(C)C[C@@H]23)c2ccc(-c3cnc(C)nc3)cc12. The maximum absolute atomic E-state index is 14.0. The van der Waals surface area contributed by atoms with Gasteiger partial charge in [0.2, 0.25) is 11.8 Å². The maximum Gasteiger partial charge on any atom is 0.272 e. The van der Waals surface area contributed by atoms with Gasteiger partial charge in [-0.05, 0) is 90.7 Å². The Morgan fingerprint density at radius 2 is 1.84 bits per heavy atom. The number of hydrogen-bond donors (Lipinski definition) is 2. The van der Waals surface area contributed by atoms with Crippen LogP contribution in [0.3, 0.4) is 0 Å². The van der Waals surface area contributed by atoms with E-state index in [1.54, 1.807) is 22.0 Å². The third-order valence-corrected chi connectivity index (χ3v) is 9.33. The number of aromatic nitrogens is 5. The van der Waals surface area contributed by atoms with E-state index in [1.165, 1.54) is 0 Å². The lowest BCUT2D eigenvalue weighted by atomic mass is 10.0. The van der Waals surface area contributed by atoms with Crippen LogP contribution in [-0.2, 0) is 16.1 Å². The van der Waals surface area contributed by atoms with Gasteiger partial charge < -0.3 is 15.5 Å². The highest BCUT2D eigenvalue weighted by molar-refractivity contribution is 9.10. The molecule has 44 heavy (non-hydrogen) atoms. The summed E-state index contributed by atoms with van der Waals surface area (Å²) in [6.07, 6.45) is 5.68. The van der Waals surface area contributed by atoms with Gasteiger partial charge in [0, 0.05) is 35.4 Å². The minimum absolute atomic E-state index is 0.0227. The lowest BCUT2D eigenvalue weighted by molar-refractivity contribution is -0.138. The number of amides is 3. The molecule has 4 heterocycles. The summed E-state index contributed by atoms with van der Waals surface area (Å²) in [6.45, 7) is 9.64. The summed E-state index contributed by atoms with van der Waals surface area (Å²) in [5.74, 6) is 0.345. The van der Waals surface area contributed by atoms with Crippen LogP contribution in [0.1, 0.15) is 61.9 Å². The number of pyridine rings is 1. The van der Waals surface area contributed by atoms with Crippen LogP contribution in [0.5, 0.6) is 0 Å². The lowest BCUT2D eigenvalue weighted by Crippen LogP contribution is -2.47.